The Morgan fingerprint density at radius 2 is 2.11 bits per heavy atom. The van der Waals surface area contributed by atoms with Crippen molar-refractivity contribution >= 4 is 12.4 Å². The summed E-state index contributed by atoms with van der Waals surface area (Å²) in [6, 6.07) is 0.547. The Morgan fingerprint density at radius 3 is 2.44 bits per heavy atom. The number of nitrogens with one attached hydrogen (secondary N) is 1. The number of hydrogen-bond acceptors (Lipinski definition) is 2. The molecule has 2 atom stereocenters. The Labute approximate surface area is 62.4 Å². The molecule has 0 saturated carbocycles. The van der Waals surface area contributed by atoms with Crippen LogP contribution in [0.3, 0.4) is 0 Å². The largest absolute Gasteiger partial charge is 0.376 e. The predicted molar refractivity (Wildman–Crippen MR) is 40.1 cm³/mol. The third-order valence-corrected chi connectivity index (χ3v) is 1.38. The molecule has 0 aromatic carbocycles. The molecule has 1 saturated heterocycles. The molecule has 1 heterocycles. The molecule has 9 heavy (non-hydrogen) atoms. The van der Waals surface area contributed by atoms with Gasteiger partial charge in [-0.15, -0.1) is 12.4 Å². The first kappa shape index (κ1) is 9.21. The van der Waals surface area contributed by atoms with Gasteiger partial charge in [0.2, 0.25) is 0 Å². The van der Waals surface area contributed by atoms with E-state index in [9.17, 15) is 0 Å². The van der Waals surface area contributed by atoms with Crippen molar-refractivity contribution in [1.82, 2.24) is 5.32 Å². The molecule has 3 heteroatoms. The van der Waals surface area contributed by atoms with E-state index in [1.165, 1.54) is 0 Å². The standard InChI is InChI=1S/C6H13NO.ClH/c1-5-4-8-6(2)3-7-5;/h5-7H,3-4H2,1-2H3;1H/t5-,6-;/m0./s1. The van der Waals surface area contributed by atoms with Gasteiger partial charge >= 0.3 is 0 Å². The SMILES string of the molecule is C[C@H]1CO[C@@H](C)CN1.Cl. The molecule has 0 spiro atoms. The number of hydrogen-bond donors (Lipinski definition) is 1. The van der Waals surface area contributed by atoms with Crippen LogP contribution in [-0.4, -0.2) is 25.3 Å². The molecule has 0 bridgehead atoms. The lowest BCUT2D eigenvalue weighted by molar-refractivity contribution is 0.0196. The fourth-order valence-corrected chi connectivity index (χ4v) is 0.794. The van der Waals surface area contributed by atoms with Crippen LogP contribution < -0.4 is 5.32 Å². The van der Waals surface area contributed by atoms with Crippen molar-refractivity contribution in [2.24, 2.45) is 0 Å². The van der Waals surface area contributed by atoms with Crippen molar-refractivity contribution in [1.29, 1.82) is 0 Å². The molecule has 0 amide bonds. The summed E-state index contributed by atoms with van der Waals surface area (Å²) in [5.74, 6) is 0. The molecule has 0 radical (unpaired) electrons. The Bertz CT molecular complexity index is 61.5. The fourth-order valence-electron chi connectivity index (χ4n) is 0.794. The molecule has 2 nitrogen and oxygen atoms in total. The Balaban J connectivity index is 0.000000640. The molecule has 0 unspecified atom stereocenters. The maximum absolute atomic E-state index is 5.33. The second-order valence-electron chi connectivity index (χ2n) is 2.45. The normalized spacial score (nSPS) is 35.3. The van der Waals surface area contributed by atoms with E-state index in [4.69, 9.17) is 4.74 Å². The Hall–Kier alpha value is 0.210. The van der Waals surface area contributed by atoms with E-state index >= 15 is 0 Å². The van der Waals surface area contributed by atoms with Gasteiger partial charge in [-0.3, -0.25) is 0 Å². The highest BCUT2D eigenvalue weighted by Gasteiger charge is 2.12. The number of halogens is 1. The van der Waals surface area contributed by atoms with Gasteiger partial charge in [0.15, 0.2) is 0 Å². The van der Waals surface area contributed by atoms with Gasteiger partial charge < -0.3 is 10.1 Å². The molecule has 0 aromatic rings. The minimum atomic E-state index is 0. The molecule has 1 fully saturated rings. The first-order valence-corrected chi connectivity index (χ1v) is 3.14. The molecular formula is C6H14ClNO. The minimum absolute atomic E-state index is 0. The summed E-state index contributed by atoms with van der Waals surface area (Å²) in [4.78, 5) is 0. The van der Waals surface area contributed by atoms with Crippen molar-refractivity contribution in [3.05, 3.63) is 0 Å². The van der Waals surface area contributed by atoms with Crippen molar-refractivity contribution in [3.63, 3.8) is 0 Å². The zero-order valence-corrected chi connectivity index (χ0v) is 6.70. The van der Waals surface area contributed by atoms with Gasteiger partial charge in [0.1, 0.15) is 0 Å². The highest BCUT2D eigenvalue weighted by Crippen LogP contribution is 1.97. The summed E-state index contributed by atoms with van der Waals surface area (Å²) in [5.41, 5.74) is 0. The van der Waals surface area contributed by atoms with Crippen LogP contribution in [0.1, 0.15) is 13.8 Å². The fraction of sp³-hybridized carbons (Fsp3) is 1.00. The lowest BCUT2D eigenvalue weighted by Gasteiger charge is -2.25. The zero-order chi connectivity index (χ0) is 5.98. The topological polar surface area (TPSA) is 21.3 Å². The molecule has 1 rings (SSSR count). The van der Waals surface area contributed by atoms with Crippen LogP contribution in [0.5, 0.6) is 0 Å². The monoisotopic (exact) mass is 151 g/mol. The minimum Gasteiger partial charge on any atom is -0.376 e. The van der Waals surface area contributed by atoms with Gasteiger partial charge in [0, 0.05) is 12.6 Å². The maximum Gasteiger partial charge on any atom is 0.0672 e. The first-order chi connectivity index (χ1) is 3.79. The van der Waals surface area contributed by atoms with Crippen LogP contribution in [0.25, 0.3) is 0 Å². The average Bonchev–Trinajstić information content (AvgIpc) is 1.77. The second kappa shape index (κ2) is 4.09. The summed E-state index contributed by atoms with van der Waals surface area (Å²) in [7, 11) is 0. The Kier molecular flexibility index (Phi) is 4.19. The van der Waals surface area contributed by atoms with Crippen LogP contribution in [0.15, 0.2) is 0 Å². The molecule has 1 N–H and O–H groups in total. The molecule has 56 valence electrons. The number of ether oxygens (including phenoxy) is 1. The Morgan fingerprint density at radius 1 is 1.44 bits per heavy atom. The first-order valence-electron chi connectivity index (χ1n) is 3.14. The van der Waals surface area contributed by atoms with Gasteiger partial charge in [-0.2, -0.15) is 0 Å². The summed E-state index contributed by atoms with van der Waals surface area (Å²) in [6.45, 7) is 6.08. The zero-order valence-electron chi connectivity index (χ0n) is 5.89. The van der Waals surface area contributed by atoms with Crippen LogP contribution in [0, 0.1) is 0 Å². The maximum atomic E-state index is 5.33. The molecule has 0 aliphatic carbocycles. The van der Waals surface area contributed by atoms with Crippen LogP contribution in [0.4, 0.5) is 0 Å². The van der Waals surface area contributed by atoms with Crippen LogP contribution in [-0.2, 0) is 4.74 Å². The van der Waals surface area contributed by atoms with Crippen LogP contribution in [0.2, 0.25) is 0 Å². The van der Waals surface area contributed by atoms with Gasteiger partial charge in [0.05, 0.1) is 12.7 Å². The summed E-state index contributed by atoms with van der Waals surface area (Å²) in [5, 5.41) is 3.31. The highest BCUT2D eigenvalue weighted by molar-refractivity contribution is 5.85. The summed E-state index contributed by atoms with van der Waals surface area (Å²) < 4.78 is 5.33. The second-order valence-corrected chi connectivity index (χ2v) is 2.45. The van der Waals surface area contributed by atoms with E-state index in [-0.39, 0.29) is 12.4 Å². The van der Waals surface area contributed by atoms with Crippen molar-refractivity contribution < 1.29 is 4.74 Å². The summed E-state index contributed by atoms with van der Waals surface area (Å²) >= 11 is 0. The van der Waals surface area contributed by atoms with E-state index in [0.717, 1.165) is 13.2 Å². The molecule has 0 aromatic heterocycles. The van der Waals surface area contributed by atoms with Gasteiger partial charge in [0.25, 0.3) is 0 Å². The highest BCUT2D eigenvalue weighted by atomic mass is 35.5. The lowest BCUT2D eigenvalue weighted by atomic mass is 10.3. The smallest absolute Gasteiger partial charge is 0.0672 e. The third kappa shape index (κ3) is 3.04. The summed E-state index contributed by atoms with van der Waals surface area (Å²) in [6.07, 6.45) is 0.409. The van der Waals surface area contributed by atoms with Crippen molar-refractivity contribution in [3.8, 4) is 0 Å². The van der Waals surface area contributed by atoms with E-state index in [1.54, 1.807) is 0 Å². The average molecular weight is 152 g/mol. The third-order valence-electron chi connectivity index (χ3n) is 1.38. The predicted octanol–water partition coefficient (Wildman–Crippen LogP) is 0.805. The van der Waals surface area contributed by atoms with Gasteiger partial charge in [-0.25, -0.2) is 0 Å². The van der Waals surface area contributed by atoms with E-state index < -0.39 is 0 Å². The van der Waals surface area contributed by atoms with Crippen LogP contribution >= 0.6 is 12.4 Å². The van der Waals surface area contributed by atoms with Gasteiger partial charge in [-0.1, -0.05) is 0 Å². The molecule has 1 aliphatic heterocycles. The van der Waals surface area contributed by atoms with Crippen molar-refractivity contribution in [2.45, 2.75) is 26.0 Å². The van der Waals surface area contributed by atoms with Crippen molar-refractivity contribution in [2.75, 3.05) is 13.2 Å². The molecular weight excluding hydrogens is 138 g/mol. The molecule has 1 aliphatic rings. The number of morpholine rings is 1. The van der Waals surface area contributed by atoms with E-state index in [2.05, 4.69) is 19.2 Å². The number of rotatable bonds is 0. The van der Waals surface area contributed by atoms with E-state index in [1.807, 2.05) is 0 Å². The van der Waals surface area contributed by atoms with Gasteiger partial charge in [-0.05, 0) is 13.8 Å². The van der Waals surface area contributed by atoms with E-state index in [0.29, 0.717) is 12.1 Å². The quantitative estimate of drug-likeness (QED) is 0.553. The lowest BCUT2D eigenvalue weighted by Crippen LogP contribution is -2.43.